The van der Waals surface area contributed by atoms with Gasteiger partial charge in [0.25, 0.3) is 5.91 Å². The number of hydrogen-bond donors (Lipinski definition) is 1. The second kappa shape index (κ2) is 8.01. The lowest BCUT2D eigenvalue weighted by atomic mass is 10.1. The highest BCUT2D eigenvalue weighted by molar-refractivity contribution is 6.08. The summed E-state index contributed by atoms with van der Waals surface area (Å²) in [5, 5.41) is 2.72. The fourth-order valence-corrected chi connectivity index (χ4v) is 2.14. The second-order valence-electron chi connectivity index (χ2n) is 4.79. The van der Waals surface area contributed by atoms with Gasteiger partial charge in [0.2, 0.25) is 0 Å². The van der Waals surface area contributed by atoms with Crippen LogP contribution in [0.2, 0.25) is 0 Å². The van der Waals surface area contributed by atoms with Gasteiger partial charge in [0.1, 0.15) is 0 Å². The van der Waals surface area contributed by atoms with Crippen molar-refractivity contribution in [3.63, 3.8) is 0 Å². The topological polar surface area (TPSA) is 73.9 Å². The van der Waals surface area contributed by atoms with Crippen molar-refractivity contribution < 1.29 is 23.8 Å². The van der Waals surface area contributed by atoms with E-state index < -0.39 is 5.97 Å². The van der Waals surface area contributed by atoms with Gasteiger partial charge < -0.3 is 19.5 Å². The summed E-state index contributed by atoms with van der Waals surface area (Å²) in [6.07, 6.45) is 0. The first-order chi connectivity index (χ1) is 11.6. The number of hydrogen-bond acceptors (Lipinski definition) is 5. The van der Waals surface area contributed by atoms with Gasteiger partial charge in [-0.15, -0.1) is 0 Å². The van der Waals surface area contributed by atoms with Gasteiger partial charge in [0, 0.05) is 17.7 Å². The molecule has 6 nitrogen and oxygen atoms in total. The van der Waals surface area contributed by atoms with Crippen molar-refractivity contribution in [2.24, 2.45) is 0 Å². The third kappa shape index (κ3) is 3.84. The molecular formula is C18H19NO5. The molecule has 0 aliphatic heterocycles. The van der Waals surface area contributed by atoms with Crippen LogP contribution in [0.4, 0.5) is 5.69 Å². The highest BCUT2D eigenvalue weighted by Crippen LogP contribution is 2.34. The number of nitrogens with one attached hydrogen (secondary N) is 1. The zero-order chi connectivity index (χ0) is 17.5. The van der Waals surface area contributed by atoms with E-state index in [0.29, 0.717) is 22.7 Å². The van der Waals surface area contributed by atoms with Gasteiger partial charge in [-0.25, -0.2) is 4.79 Å². The van der Waals surface area contributed by atoms with Crippen LogP contribution in [-0.2, 0) is 4.74 Å². The molecule has 0 bridgehead atoms. The van der Waals surface area contributed by atoms with E-state index in [-0.39, 0.29) is 18.1 Å². The molecule has 0 radical (unpaired) electrons. The number of carbonyl (C=O) groups excluding carboxylic acids is 2. The van der Waals surface area contributed by atoms with Crippen LogP contribution < -0.4 is 14.8 Å². The predicted molar refractivity (Wildman–Crippen MR) is 89.9 cm³/mol. The lowest BCUT2D eigenvalue weighted by Gasteiger charge is -2.15. The van der Waals surface area contributed by atoms with E-state index in [1.54, 1.807) is 31.2 Å². The molecule has 0 fully saturated rings. The van der Waals surface area contributed by atoms with Gasteiger partial charge in [-0.2, -0.15) is 0 Å². The van der Waals surface area contributed by atoms with Crippen molar-refractivity contribution in [1.82, 2.24) is 0 Å². The van der Waals surface area contributed by atoms with E-state index in [4.69, 9.17) is 14.2 Å². The summed E-state index contributed by atoms with van der Waals surface area (Å²) < 4.78 is 15.5. The first kappa shape index (κ1) is 17.3. The van der Waals surface area contributed by atoms with Crippen LogP contribution in [0, 0.1) is 0 Å². The fourth-order valence-electron chi connectivity index (χ4n) is 2.14. The Kier molecular flexibility index (Phi) is 5.78. The molecule has 24 heavy (non-hydrogen) atoms. The molecule has 0 heterocycles. The zero-order valence-electron chi connectivity index (χ0n) is 13.8. The molecule has 2 rings (SSSR count). The van der Waals surface area contributed by atoms with E-state index in [2.05, 4.69) is 5.32 Å². The molecule has 0 atom stereocenters. The minimum absolute atomic E-state index is 0.193. The average molecular weight is 329 g/mol. The maximum absolute atomic E-state index is 12.4. The predicted octanol–water partition coefficient (Wildman–Crippen LogP) is 3.13. The molecule has 0 aromatic heterocycles. The fraction of sp³-hybridized carbons (Fsp3) is 0.222. The van der Waals surface area contributed by atoms with Crippen molar-refractivity contribution >= 4 is 17.6 Å². The van der Waals surface area contributed by atoms with E-state index in [9.17, 15) is 9.59 Å². The van der Waals surface area contributed by atoms with Crippen molar-refractivity contribution in [3.8, 4) is 11.5 Å². The summed E-state index contributed by atoms with van der Waals surface area (Å²) in [5.41, 5.74) is 0.959. The van der Waals surface area contributed by atoms with Crippen LogP contribution in [0.25, 0.3) is 0 Å². The van der Waals surface area contributed by atoms with Crippen molar-refractivity contribution in [2.75, 3.05) is 26.1 Å². The summed E-state index contributed by atoms with van der Waals surface area (Å²) in [7, 11) is 2.94. The largest absolute Gasteiger partial charge is 0.493 e. The van der Waals surface area contributed by atoms with Gasteiger partial charge in [-0.05, 0) is 19.1 Å². The highest BCUT2D eigenvalue weighted by Gasteiger charge is 2.19. The molecule has 2 aromatic carbocycles. The lowest BCUT2D eigenvalue weighted by Crippen LogP contribution is -2.16. The molecule has 126 valence electrons. The van der Waals surface area contributed by atoms with Gasteiger partial charge in [-0.3, -0.25) is 4.79 Å². The van der Waals surface area contributed by atoms with Crippen molar-refractivity contribution in [1.29, 1.82) is 0 Å². The van der Waals surface area contributed by atoms with Crippen LogP contribution in [-0.4, -0.2) is 32.7 Å². The Morgan fingerprint density at radius 3 is 2.21 bits per heavy atom. The Balaban J connectivity index is 2.42. The minimum Gasteiger partial charge on any atom is -0.493 e. The van der Waals surface area contributed by atoms with E-state index in [1.807, 2.05) is 6.07 Å². The quantitative estimate of drug-likeness (QED) is 0.824. The van der Waals surface area contributed by atoms with E-state index in [0.717, 1.165) is 0 Å². The van der Waals surface area contributed by atoms with Gasteiger partial charge in [0.05, 0.1) is 32.1 Å². The molecule has 0 saturated heterocycles. The molecule has 0 saturated carbocycles. The zero-order valence-corrected chi connectivity index (χ0v) is 13.8. The van der Waals surface area contributed by atoms with Crippen LogP contribution in [0.15, 0.2) is 42.5 Å². The number of amides is 1. The van der Waals surface area contributed by atoms with Crippen LogP contribution in [0.1, 0.15) is 27.6 Å². The van der Waals surface area contributed by atoms with E-state index in [1.165, 1.54) is 26.4 Å². The normalized spacial score (nSPS) is 9.96. The highest BCUT2D eigenvalue weighted by atomic mass is 16.5. The average Bonchev–Trinajstić information content (AvgIpc) is 2.62. The van der Waals surface area contributed by atoms with Crippen LogP contribution in [0.3, 0.4) is 0 Å². The molecule has 0 aliphatic rings. The number of ether oxygens (including phenoxy) is 3. The minimum atomic E-state index is -0.554. The number of benzene rings is 2. The molecule has 1 amide bonds. The summed E-state index contributed by atoms with van der Waals surface area (Å²) in [6.45, 7) is 1.93. The molecule has 2 aromatic rings. The molecule has 0 unspecified atom stereocenters. The monoisotopic (exact) mass is 329 g/mol. The SMILES string of the molecule is CCOC(=O)c1cc(OC)c(OC)cc1NC(=O)c1ccccc1. The Bertz CT molecular complexity index is 728. The first-order valence-corrected chi connectivity index (χ1v) is 7.40. The molecule has 6 heteroatoms. The number of rotatable bonds is 6. The Morgan fingerprint density at radius 2 is 1.62 bits per heavy atom. The summed E-state index contributed by atoms with van der Waals surface area (Å²) >= 11 is 0. The Labute approximate surface area is 140 Å². The Hall–Kier alpha value is -3.02. The first-order valence-electron chi connectivity index (χ1n) is 7.40. The smallest absolute Gasteiger partial charge is 0.340 e. The lowest BCUT2D eigenvalue weighted by molar-refractivity contribution is 0.0527. The number of methoxy groups -OCH3 is 2. The number of anilines is 1. The molecule has 1 N–H and O–H groups in total. The molecular weight excluding hydrogens is 310 g/mol. The summed E-state index contributed by atoms with van der Waals surface area (Å²) in [6, 6.07) is 11.7. The summed E-state index contributed by atoms with van der Waals surface area (Å²) in [4.78, 5) is 24.5. The second-order valence-corrected chi connectivity index (χ2v) is 4.79. The number of esters is 1. The number of carbonyl (C=O) groups is 2. The van der Waals surface area contributed by atoms with Gasteiger partial charge in [0.15, 0.2) is 11.5 Å². The maximum atomic E-state index is 12.4. The maximum Gasteiger partial charge on any atom is 0.340 e. The van der Waals surface area contributed by atoms with Crippen LogP contribution in [0.5, 0.6) is 11.5 Å². The van der Waals surface area contributed by atoms with Crippen LogP contribution >= 0.6 is 0 Å². The third-order valence-corrected chi connectivity index (χ3v) is 3.30. The molecule has 0 spiro atoms. The van der Waals surface area contributed by atoms with Gasteiger partial charge >= 0.3 is 5.97 Å². The third-order valence-electron chi connectivity index (χ3n) is 3.30. The summed E-state index contributed by atoms with van der Waals surface area (Å²) in [5.74, 6) is -0.123. The van der Waals surface area contributed by atoms with Crippen molar-refractivity contribution in [2.45, 2.75) is 6.92 Å². The van der Waals surface area contributed by atoms with E-state index >= 15 is 0 Å². The molecule has 0 aliphatic carbocycles. The Morgan fingerprint density at radius 1 is 1.00 bits per heavy atom. The van der Waals surface area contributed by atoms with Crippen molar-refractivity contribution in [3.05, 3.63) is 53.6 Å². The standard InChI is InChI=1S/C18H19NO5/c1-4-24-18(21)13-10-15(22-2)16(23-3)11-14(13)19-17(20)12-8-6-5-7-9-12/h5-11H,4H2,1-3H3,(H,19,20). The van der Waals surface area contributed by atoms with Gasteiger partial charge in [-0.1, -0.05) is 18.2 Å².